The van der Waals surface area contributed by atoms with Crippen LogP contribution in [-0.2, 0) is 0 Å². The summed E-state index contributed by atoms with van der Waals surface area (Å²) < 4.78 is 16.6. The maximum Gasteiger partial charge on any atom is 0.255 e. The van der Waals surface area contributed by atoms with Crippen LogP contribution in [0.2, 0.25) is 0 Å². The lowest BCUT2D eigenvalue weighted by Gasteiger charge is -2.25. The van der Waals surface area contributed by atoms with Crippen molar-refractivity contribution in [2.75, 3.05) is 26.5 Å². The molecule has 5 nitrogen and oxygen atoms in total. The van der Waals surface area contributed by atoms with E-state index >= 15 is 0 Å². The number of ether oxygens (including phenoxy) is 3. The minimum Gasteiger partial charge on any atom is -0.497 e. The molecule has 0 spiro atoms. The molecule has 0 N–H and O–H groups in total. The number of carbonyl (C=O) groups excluding carboxylic acids is 1. The first-order valence-corrected chi connectivity index (χ1v) is 10.7. The van der Waals surface area contributed by atoms with Crippen LogP contribution in [-0.4, -0.2) is 37.3 Å². The van der Waals surface area contributed by atoms with Gasteiger partial charge in [0, 0.05) is 23.9 Å². The number of rotatable bonds is 6. The van der Waals surface area contributed by atoms with Crippen LogP contribution in [0.15, 0.2) is 72.8 Å². The average Bonchev–Trinajstić information content (AvgIpc) is 3.29. The van der Waals surface area contributed by atoms with Crippen molar-refractivity contribution in [2.24, 2.45) is 0 Å². The summed E-state index contributed by atoms with van der Waals surface area (Å²) in [4.78, 5) is 15.2. The average molecular weight is 422 g/mol. The highest BCUT2D eigenvalue weighted by molar-refractivity contribution is 7.99. The van der Waals surface area contributed by atoms with Crippen LogP contribution in [0.3, 0.4) is 0 Å². The molecule has 30 heavy (non-hydrogen) atoms. The number of nitrogens with zero attached hydrogens (tertiary/aromatic N) is 1. The molecule has 0 saturated carbocycles. The van der Waals surface area contributed by atoms with Gasteiger partial charge in [0.25, 0.3) is 5.91 Å². The Balaban J connectivity index is 1.58. The summed E-state index contributed by atoms with van der Waals surface area (Å²) in [5, 5.41) is -0.0750. The predicted octanol–water partition coefficient (Wildman–Crippen LogP) is 5.38. The van der Waals surface area contributed by atoms with E-state index in [1.54, 1.807) is 44.2 Å². The molecule has 1 fully saturated rings. The Morgan fingerprint density at radius 2 is 1.57 bits per heavy atom. The van der Waals surface area contributed by atoms with E-state index in [4.69, 9.17) is 14.2 Å². The molecule has 0 aromatic heterocycles. The fourth-order valence-corrected chi connectivity index (χ4v) is 4.65. The van der Waals surface area contributed by atoms with Gasteiger partial charge in [0.05, 0.1) is 14.2 Å². The van der Waals surface area contributed by atoms with E-state index in [1.165, 1.54) is 0 Å². The van der Waals surface area contributed by atoms with Crippen molar-refractivity contribution in [1.29, 1.82) is 0 Å². The Morgan fingerprint density at radius 1 is 0.867 bits per heavy atom. The van der Waals surface area contributed by atoms with Crippen molar-refractivity contribution >= 4 is 17.7 Å². The first-order chi connectivity index (χ1) is 14.7. The highest BCUT2D eigenvalue weighted by Gasteiger charge is 2.32. The van der Waals surface area contributed by atoms with E-state index in [2.05, 4.69) is 0 Å². The molecule has 154 valence electrons. The van der Waals surface area contributed by atoms with Crippen molar-refractivity contribution < 1.29 is 19.0 Å². The SMILES string of the molecule is COc1cc(OC)cc(C(=O)N2CCS[C@H]2c2cccc(Oc3ccccc3)c2)c1. The molecule has 0 unspecified atom stereocenters. The van der Waals surface area contributed by atoms with Crippen LogP contribution in [0.4, 0.5) is 0 Å². The van der Waals surface area contributed by atoms with Gasteiger partial charge in [0.1, 0.15) is 28.4 Å². The summed E-state index contributed by atoms with van der Waals surface area (Å²) >= 11 is 1.75. The summed E-state index contributed by atoms with van der Waals surface area (Å²) in [5.41, 5.74) is 1.59. The van der Waals surface area contributed by atoms with Gasteiger partial charge in [-0.2, -0.15) is 0 Å². The molecule has 1 aliphatic heterocycles. The first kappa shape index (κ1) is 20.2. The zero-order valence-electron chi connectivity index (χ0n) is 16.9. The lowest BCUT2D eigenvalue weighted by atomic mass is 10.1. The fraction of sp³-hybridized carbons (Fsp3) is 0.208. The van der Waals surface area contributed by atoms with E-state index in [0.717, 1.165) is 22.8 Å². The fourth-order valence-electron chi connectivity index (χ4n) is 3.41. The maximum atomic E-state index is 13.3. The summed E-state index contributed by atoms with van der Waals surface area (Å²) in [5.74, 6) is 3.56. The monoisotopic (exact) mass is 421 g/mol. The number of methoxy groups -OCH3 is 2. The second-order valence-electron chi connectivity index (χ2n) is 6.81. The molecule has 1 aliphatic rings. The third-order valence-electron chi connectivity index (χ3n) is 4.87. The van der Waals surface area contributed by atoms with Crippen molar-refractivity contribution in [2.45, 2.75) is 5.37 Å². The largest absolute Gasteiger partial charge is 0.497 e. The Hall–Kier alpha value is -3.12. The van der Waals surface area contributed by atoms with E-state index in [1.807, 2.05) is 59.5 Å². The normalized spacial score (nSPS) is 15.7. The molecule has 4 rings (SSSR count). The predicted molar refractivity (Wildman–Crippen MR) is 119 cm³/mol. The van der Waals surface area contributed by atoms with E-state index < -0.39 is 0 Å². The highest BCUT2D eigenvalue weighted by Crippen LogP contribution is 2.40. The molecule has 6 heteroatoms. The molecule has 0 bridgehead atoms. The molecular formula is C24H23NO4S. The third kappa shape index (κ3) is 4.39. The number of carbonyl (C=O) groups is 1. The van der Waals surface area contributed by atoms with Gasteiger partial charge in [0.15, 0.2) is 0 Å². The van der Waals surface area contributed by atoms with Crippen molar-refractivity contribution in [3.8, 4) is 23.0 Å². The van der Waals surface area contributed by atoms with E-state index in [9.17, 15) is 4.79 Å². The van der Waals surface area contributed by atoms with Crippen molar-refractivity contribution in [3.63, 3.8) is 0 Å². The number of thioether (sulfide) groups is 1. The van der Waals surface area contributed by atoms with Gasteiger partial charge in [-0.25, -0.2) is 0 Å². The van der Waals surface area contributed by atoms with Gasteiger partial charge < -0.3 is 19.1 Å². The van der Waals surface area contributed by atoms with Crippen LogP contribution < -0.4 is 14.2 Å². The molecule has 3 aromatic rings. The van der Waals surface area contributed by atoms with E-state index in [-0.39, 0.29) is 11.3 Å². The number of hydrogen-bond acceptors (Lipinski definition) is 5. The molecule has 1 saturated heterocycles. The Kier molecular flexibility index (Phi) is 6.14. The standard InChI is InChI=1S/C24H23NO4S/c1-27-21-14-18(15-22(16-21)28-2)23(26)25-11-12-30-24(25)17-7-6-10-20(13-17)29-19-8-4-3-5-9-19/h3-10,13-16,24H,11-12H2,1-2H3/t24-/m0/s1. The summed E-state index contributed by atoms with van der Waals surface area (Å²) in [6.07, 6.45) is 0. The lowest BCUT2D eigenvalue weighted by Crippen LogP contribution is -2.30. The molecule has 0 aliphatic carbocycles. The quantitative estimate of drug-likeness (QED) is 0.534. The van der Waals surface area contributed by atoms with Crippen LogP contribution >= 0.6 is 11.8 Å². The van der Waals surface area contributed by atoms with Crippen LogP contribution in [0, 0.1) is 0 Å². The van der Waals surface area contributed by atoms with Gasteiger partial charge >= 0.3 is 0 Å². The van der Waals surface area contributed by atoms with Crippen LogP contribution in [0.1, 0.15) is 21.3 Å². The molecular weight excluding hydrogens is 398 g/mol. The van der Waals surface area contributed by atoms with Crippen LogP contribution in [0.25, 0.3) is 0 Å². The summed E-state index contributed by atoms with van der Waals surface area (Å²) in [6.45, 7) is 0.678. The maximum absolute atomic E-state index is 13.3. The minimum atomic E-state index is -0.0750. The zero-order chi connectivity index (χ0) is 20.9. The van der Waals surface area contributed by atoms with Gasteiger partial charge in [-0.3, -0.25) is 4.79 Å². The first-order valence-electron chi connectivity index (χ1n) is 9.66. The molecule has 3 aromatic carbocycles. The van der Waals surface area contributed by atoms with Crippen molar-refractivity contribution in [3.05, 3.63) is 83.9 Å². The van der Waals surface area contributed by atoms with Crippen molar-refractivity contribution in [1.82, 2.24) is 4.90 Å². The highest BCUT2D eigenvalue weighted by atomic mass is 32.2. The number of para-hydroxylation sites is 1. The van der Waals surface area contributed by atoms with Gasteiger partial charge in [0.2, 0.25) is 0 Å². The van der Waals surface area contributed by atoms with Gasteiger partial charge in [-0.15, -0.1) is 11.8 Å². The zero-order valence-corrected chi connectivity index (χ0v) is 17.7. The molecule has 0 radical (unpaired) electrons. The third-order valence-corrected chi connectivity index (χ3v) is 6.13. The summed E-state index contributed by atoms with van der Waals surface area (Å²) in [7, 11) is 3.16. The smallest absolute Gasteiger partial charge is 0.255 e. The number of amides is 1. The van der Waals surface area contributed by atoms with E-state index in [0.29, 0.717) is 23.6 Å². The van der Waals surface area contributed by atoms with Gasteiger partial charge in [-0.1, -0.05) is 30.3 Å². The Morgan fingerprint density at radius 3 is 2.27 bits per heavy atom. The van der Waals surface area contributed by atoms with Gasteiger partial charge in [-0.05, 0) is 42.0 Å². The Labute approximate surface area is 180 Å². The number of benzene rings is 3. The molecule has 1 amide bonds. The molecule has 1 heterocycles. The van der Waals surface area contributed by atoms with Crippen LogP contribution in [0.5, 0.6) is 23.0 Å². The minimum absolute atomic E-state index is 0.0448. The summed E-state index contributed by atoms with van der Waals surface area (Å²) in [6, 6.07) is 22.9. The number of hydrogen-bond donors (Lipinski definition) is 0. The topological polar surface area (TPSA) is 48.0 Å². The second-order valence-corrected chi connectivity index (χ2v) is 8.00. The second kappa shape index (κ2) is 9.13. The lowest BCUT2D eigenvalue weighted by molar-refractivity contribution is 0.0759. The Bertz CT molecular complexity index is 1000. The molecule has 1 atom stereocenters.